The molecule has 0 radical (unpaired) electrons. The van der Waals surface area contributed by atoms with Crippen LogP contribution < -0.4 is 16.0 Å². The molecule has 2 heterocycles. The predicted molar refractivity (Wildman–Crippen MR) is 137 cm³/mol. The van der Waals surface area contributed by atoms with Crippen molar-refractivity contribution in [2.45, 2.75) is 76.9 Å². The first-order chi connectivity index (χ1) is 16.7. The lowest BCUT2D eigenvalue weighted by molar-refractivity contribution is -0.139. The minimum Gasteiger partial charge on any atom is -0.497 e. The Morgan fingerprint density at radius 1 is 1.26 bits per heavy atom. The molecule has 1 aromatic carbocycles. The number of nitrogens with zero attached hydrogens (tertiary/aromatic N) is 1. The fourth-order valence-electron chi connectivity index (χ4n) is 6.30. The second-order valence-electron chi connectivity index (χ2n) is 10.3. The number of aliphatic hydroxyl groups is 1. The van der Waals surface area contributed by atoms with Crippen molar-refractivity contribution < 1.29 is 14.6 Å². The van der Waals surface area contributed by atoms with E-state index >= 15 is 0 Å². The molecular weight excluding hydrogens is 442 g/mol. The molecule has 2 aliphatic carbocycles. The van der Waals surface area contributed by atoms with Crippen LogP contribution in [0.2, 0.25) is 0 Å². The molecule has 1 saturated carbocycles. The molecule has 35 heavy (non-hydrogen) atoms. The largest absolute Gasteiger partial charge is 0.497 e. The number of piperidine rings is 1. The number of amides is 1. The first-order valence-corrected chi connectivity index (χ1v) is 12.8. The molecule has 7 nitrogen and oxygen atoms in total. The third-order valence-electron chi connectivity index (χ3n) is 8.46. The highest BCUT2D eigenvalue weighted by Gasteiger charge is 2.61. The molecule has 0 spiro atoms. The molecule has 1 aliphatic heterocycles. The Hall–Kier alpha value is -2.64. The molecule has 1 saturated heterocycles. The SMILES string of the molecule is CC.COc1ccc(C)c(C23CCN(CC4CC4)C(C)C2(O)Cc2cc(C(N)=O)c(=O)[nH]c2C3)c1. The highest BCUT2D eigenvalue weighted by molar-refractivity contribution is 5.92. The van der Waals surface area contributed by atoms with Gasteiger partial charge in [-0.2, -0.15) is 0 Å². The average Bonchev–Trinajstić information content (AvgIpc) is 3.66. The molecular formula is C28H39N3O4. The maximum Gasteiger partial charge on any atom is 0.261 e. The number of carbonyl (C=O) groups is 1. The maximum atomic E-state index is 12.6. The van der Waals surface area contributed by atoms with E-state index in [1.54, 1.807) is 13.2 Å². The van der Waals surface area contributed by atoms with E-state index in [-0.39, 0.29) is 11.6 Å². The van der Waals surface area contributed by atoms with E-state index in [0.717, 1.165) is 53.6 Å². The van der Waals surface area contributed by atoms with Crippen LogP contribution in [0.3, 0.4) is 0 Å². The van der Waals surface area contributed by atoms with Gasteiger partial charge in [0.15, 0.2) is 0 Å². The van der Waals surface area contributed by atoms with Gasteiger partial charge in [-0.3, -0.25) is 14.5 Å². The second-order valence-corrected chi connectivity index (χ2v) is 10.3. The fraction of sp³-hybridized carbons (Fsp3) is 0.571. The maximum absolute atomic E-state index is 12.6. The molecule has 1 amide bonds. The predicted octanol–water partition coefficient (Wildman–Crippen LogP) is 3.09. The van der Waals surface area contributed by atoms with E-state index in [9.17, 15) is 14.7 Å². The van der Waals surface area contributed by atoms with Crippen LogP contribution in [0.1, 0.15) is 72.8 Å². The lowest BCUT2D eigenvalue weighted by Crippen LogP contribution is -2.71. The summed E-state index contributed by atoms with van der Waals surface area (Å²) < 4.78 is 5.55. The van der Waals surface area contributed by atoms with Gasteiger partial charge in [0, 0.05) is 36.5 Å². The number of primary amides is 1. The quantitative estimate of drug-likeness (QED) is 0.608. The zero-order valence-corrected chi connectivity index (χ0v) is 21.6. The summed E-state index contributed by atoms with van der Waals surface area (Å²) in [4.78, 5) is 29.8. The number of hydrogen-bond acceptors (Lipinski definition) is 5. The number of H-pyrrole nitrogens is 1. The Labute approximate surface area is 207 Å². The van der Waals surface area contributed by atoms with Crippen molar-refractivity contribution in [2.75, 3.05) is 20.2 Å². The zero-order chi connectivity index (χ0) is 25.5. The van der Waals surface area contributed by atoms with Gasteiger partial charge in [0.05, 0.1) is 12.7 Å². The Morgan fingerprint density at radius 2 is 1.97 bits per heavy atom. The lowest BCUT2D eigenvalue weighted by Gasteiger charge is -2.60. The number of nitrogens with two attached hydrogens (primary N) is 1. The number of ether oxygens (including phenoxy) is 1. The van der Waals surface area contributed by atoms with Crippen LogP contribution in [-0.2, 0) is 18.3 Å². The van der Waals surface area contributed by atoms with Gasteiger partial charge in [0.25, 0.3) is 11.5 Å². The van der Waals surface area contributed by atoms with Gasteiger partial charge < -0.3 is 20.6 Å². The van der Waals surface area contributed by atoms with Crippen LogP contribution >= 0.6 is 0 Å². The summed E-state index contributed by atoms with van der Waals surface area (Å²) in [5.41, 5.74) is 6.98. The van der Waals surface area contributed by atoms with Crippen molar-refractivity contribution in [3.63, 3.8) is 0 Å². The van der Waals surface area contributed by atoms with Crippen LogP contribution in [0, 0.1) is 12.8 Å². The number of methoxy groups -OCH3 is 1. The summed E-state index contributed by atoms with van der Waals surface area (Å²) in [6.07, 6.45) is 4.12. The lowest BCUT2D eigenvalue weighted by atomic mass is 9.53. The van der Waals surface area contributed by atoms with Gasteiger partial charge in [-0.1, -0.05) is 19.9 Å². The molecule has 4 N–H and O–H groups in total. The number of aryl methyl sites for hydroxylation is 1. The Kier molecular flexibility index (Phi) is 6.86. The molecule has 7 heteroatoms. The van der Waals surface area contributed by atoms with Crippen LogP contribution in [0.5, 0.6) is 5.75 Å². The molecule has 3 aliphatic rings. The molecule has 3 unspecified atom stereocenters. The topological polar surface area (TPSA) is 109 Å². The highest BCUT2D eigenvalue weighted by Crippen LogP contribution is 2.54. The molecule has 0 bridgehead atoms. The number of nitrogens with one attached hydrogen (secondary N) is 1. The number of rotatable bonds is 5. The Balaban J connectivity index is 0.00000141. The van der Waals surface area contributed by atoms with Crippen molar-refractivity contribution >= 4 is 5.91 Å². The Bertz CT molecular complexity index is 1170. The fourth-order valence-corrected chi connectivity index (χ4v) is 6.30. The van der Waals surface area contributed by atoms with E-state index in [2.05, 4.69) is 23.7 Å². The van der Waals surface area contributed by atoms with Gasteiger partial charge in [0.1, 0.15) is 11.3 Å². The second kappa shape index (κ2) is 9.43. The first-order valence-electron chi connectivity index (χ1n) is 12.8. The van der Waals surface area contributed by atoms with Crippen molar-refractivity contribution in [1.29, 1.82) is 0 Å². The summed E-state index contributed by atoms with van der Waals surface area (Å²) in [5.74, 6) is 0.720. The standard InChI is InChI=1S/C26H33N3O4.C2H6/c1-15-4-7-19(33-3)11-21(15)25-8-9-29(14-17-5-6-17)16(2)26(25,32)12-18-10-20(23(27)30)24(31)28-22(18)13-25;1-2/h4,7,10-11,16-17,32H,5-6,8-9,12-14H2,1-3H3,(H2,27,30)(H,28,31);1-2H3. The van der Waals surface area contributed by atoms with Gasteiger partial charge in [-0.05, 0) is 80.5 Å². The molecule has 3 atom stereocenters. The van der Waals surface area contributed by atoms with Crippen molar-refractivity contribution in [2.24, 2.45) is 11.7 Å². The van der Waals surface area contributed by atoms with Crippen LogP contribution in [0.25, 0.3) is 0 Å². The molecule has 2 fully saturated rings. The third kappa shape index (κ3) is 4.19. The summed E-state index contributed by atoms with van der Waals surface area (Å²) in [7, 11) is 1.65. The number of pyridine rings is 1. The number of fused-ring (bicyclic) bond motifs is 2. The minimum absolute atomic E-state index is 0.0549. The zero-order valence-electron chi connectivity index (χ0n) is 21.6. The normalized spacial score (nSPS) is 27.8. The number of likely N-dealkylation sites (tertiary alicyclic amines) is 1. The number of aromatic amines is 1. The first kappa shape index (κ1) is 25.5. The van der Waals surface area contributed by atoms with Crippen LogP contribution in [0.4, 0.5) is 0 Å². The number of benzene rings is 1. The Morgan fingerprint density at radius 3 is 2.60 bits per heavy atom. The van der Waals surface area contributed by atoms with Gasteiger partial charge in [-0.15, -0.1) is 0 Å². The summed E-state index contributed by atoms with van der Waals surface area (Å²) >= 11 is 0. The average molecular weight is 482 g/mol. The third-order valence-corrected chi connectivity index (χ3v) is 8.46. The minimum atomic E-state index is -1.09. The number of carbonyl (C=O) groups excluding carboxylic acids is 1. The van der Waals surface area contributed by atoms with Crippen molar-refractivity contribution in [1.82, 2.24) is 9.88 Å². The number of hydrogen-bond donors (Lipinski definition) is 3. The van der Waals surface area contributed by atoms with Crippen molar-refractivity contribution in [3.8, 4) is 5.75 Å². The summed E-state index contributed by atoms with van der Waals surface area (Å²) in [6.45, 7) is 10.1. The van der Waals surface area contributed by atoms with Gasteiger partial charge in [0.2, 0.25) is 0 Å². The summed E-state index contributed by atoms with van der Waals surface area (Å²) in [5, 5.41) is 12.6. The van der Waals surface area contributed by atoms with E-state index in [4.69, 9.17) is 10.5 Å². The van der Waals surface area contributed by atoms with E-state index in [1.807, 2.05) is 32.0 Å². The molecule has 2 aromatic rings. The molecule has 190 valence electrons. The van der Waals surface area contributed by atoms with Gasteiger partial charge >= 0.3 is 0 Å². The number of aromatic nitrogens is 1. The van der Waals surface area contributed by atoms with Crippen LogP contribution in [-0.4, -0.2) is 52.7 Å². The monoisotopic (exact) mass is 481 g/mol. The summed E-state index contributed by atoms with van der Waals surface area (Å²) in [6, 6.07) is 7.53. The smallest absolute Gasteiger partial charge is 0.261 e. The van der Waals surface area contributed by atoms with E-state index in [0.29, 0.717) is 12.8 Å². The van der Waals surface area contributed by atoms with E-state index < -0.39 is 22.5 Å². The molecule has 1 aromatic heterocycles. The highest BCUT2D eigenvalue weighted by atomic mass is 16.5. The van der Waals surface area contributed by atoms with E-state index in [1.165, 1.54) is 12.8 Å². The van der Waals surface area contributed by atoms with Crippen molar-refractivity contribution in [3.05, 3.63) is 62.6 Å². The van der Waals surface area contributed by atoms with Crippen LogP contribution in [0.15, 0.2) is 29.1 Å². The van der Waals surface area contributed by atoms with Gasteiger partial charge in [-0.25, -0.2) is 0 Å². The molecule has 5 rings (SSSR count).